The van der Waals surface area contributed by atoms with Crippen molar-refractivity contribution in [2.45, 2.75) is 0 Å². The minimum atomic E-state index is 0.635. The molecule has 0 amide bonds. The van der Waals surface area contributed by atoms with Crippen molar-refractivity contribution in [2.24, 2.45) is 0 Å². The maximum Gasteiger partial charge on any atom is 0.164 e. The fraction of sp³-hybridized carbons (Fsp3) is 0. The molecule has 4 heterocycles. The van der Waals surface area contributed by atoms with E-state index in [4.69, 9.17) is 15.0 Å². The fourth-order valence-corrected chi connectivity index (χ4v) is 9.80. The topological polar surface area (TPSA) is 48.5 Å². The molecule has 6 heteroatoms. The third kappa shape index (κ3) is 4.98. The molecular weight excluding hydrogens is 715 g/mol. The summed E-state index contributed by atoms with van der Waals surface area (Å²) in [4.78, 5) is 15.0. The average molecular weight is 746 g/mol. The molecular formula is C51H31N5S. The van der Waals surface area contributed by atoms with Crippen molar-refractivity contribution >= 4 is 75.1 Å². The van der Waals surface area contributed by atoms with Crippen molar-refractivity contribution in [1.29, 1.82) is 0 Å². The second-order valence-electron chi connectivity index (χ2n) is 14.4. The molecule has 0 unspecified atom stereocenters. The van der Waals surface area contributed by atoms with E-state index in [-0.39, 0.29) is 0 Å². The van der Waals surface area contributed by atoms with Gasteiger partial charge >= 0.3 is 0 Å². The first-order valence-corrected chi connectivity index (χ1v) is 19.9. The molecule has 266 valence electrons. The summed E-state index contributed by atoms with van der Waals surface area (Å²) in [5.74, 6) is 1.93. The van der Waals surface area contributed by atoms with Gasteiger partial charge in [0.05, 0.1) is 22.1 Å². The molecule has 0 aliphatic carbocycles. The first-order valence-electron chi connectivity index (χ1n) is 19.1. The second-order valence-corrected chi connectivity index (χ2v) is 15.5. The number of rotatable bonds is 5. The largest absolute Gasteiger partial charge is 0.309 e. The number of thiophene rings is 1. The van der Waals surface area contributed by atoms with Crippen molar-refractivity contribution in [2.75, 3.05) is 0 Å². The summed E-state index contributed by atoms with van der Waals surface area (Å²) in [6.07, 6.45) is 0. The van der Waals surface area contributed by atoms with E-state index in [2.05, 4.69) is 137 Å². The number of nitrogens with zero attached hydrogens (tertiary/aromatic N) is 5. The minimum Gasteiger partial charge on any atom is -0.309 e. The van der Waals surface area contributed by atoms with Gasteiger partial charge in [0.1, 0.15) is 0 Å². The van der Waals surface area contributed by atoms with Crippen LogP contribution in [0.2, 0.25) is 0 Å². The van der Waals surface area contributed by atoms with Gasteiger partial charge in [-0.25, -0.2) is 15.0 Å². The Balaban J connectivity index is 1.04. The molecule has 5 nitrogen and oxygen atoms in total. The van der Waals surface area contributed by atoms with Crippen LogP contribution in [0.5, 0.6) is 0 Å². The molecule has 0 saturated carbocycles. The highest BCUT2D eigenvalue weighted by molar-refractivity contribution is 7.26. The monoisotopic (exact) mass is 745 g/mol. The smallest absolute Gasteiger partial charge is 0.164 e. The van der Waals surface area contributed by atoms with Crippen LogP contribution in [0, 0.1) is 0 Å². The Labute approximate surface area is 331 Å². The summed E-state index contributed by atoms with van der Waals surface area (Å²) >= 11 is 1.87. The van der Waals surface area contributed by atoms with Crippen LogP contribution in [0.1, 0.15) is 0 Å². The Morgan fingerprint density at radius 3 is 1.47 bits per heavy atom. The van der Waals surface area contributed by atoms with Gasteiger partial charge in [0.2, 0.25) is 0 Å². The van der Waals surface area contributed by atoms with Crippen LogP contribution in [-0.4, -0.2) is 24.1 Å². The molecule has 0 aliphatic rings. The van der Waals surface area contributed by atoms with Gasteiger partial charge in [-0.05, 0) is 54.6 Å². The number of hydrogen-bond donors (Lipinski definition) is 0. The Kier molecular flexibility index (Phi) is 7.03. The summed E-state index contributed by atoms with van der Waals surface area (Å²) < 4.78 is 7.34. The van der Waals surface area contributed by atoms with Crippen LogP contribution in [0.3, 0.4) is 0 Å². The van der Waals surface area contributed by atoms with E-state index in [9.17, 15) is 0 Å². The van der Waals surface area contributed by atoms with Gasteiger partial charge in [-0.1, -0.05) is 133 Å². The maximum atomic E-state index is 5.04. The second kappa shape index (κ2) is 12.6. The van der Waals surface area contributed by atoms with Gasteiger partial charge < -0.3 is 9.13 Å². The van der Waals surface area contributed by atoms with E-state index in [0.29, 0.717) is 17.5 Å². The third-order valence-electron chi connectivity index (χ3n) is 11.2. The van der Waals surface area contributed by atoms with Crippen LogP contribution >= 0.6 is 11.3 Å². The van der Waals surface area contributed by atoms with Gasteiger partial charge in [0.15, 0.2) is 17.5 Å². The first kappa shape index (κ1) is 31.9. The highest BCUT2D eigenvalue weighted by Crippen LogP contribution is 2.44. The predicted octanol–water partition coefficient (Wildman–Crippen LogP) is 13.4. The van der Waals surface area contributed by atoms with Crippen LogP contribution < -0.4 is 0 Å². The van der Waals surface area contributed by atoms with E-state index in [1.807, 2.05) is 72.0 Å². The molecule has 0 aliphatic heterocycles. The van der Waals surface area contributed by atoms with Crippen LogP contribution in [0.15, 0.2) is 188 Å². The molecule has 0 spiro atoms. The minimum absolute atomic E-state index is 0.635. The molecule has 0 atom stereocenters. The lowest BCUT2D eigenvalue weighted by Gasteiger charge is -2.11. The molecule has 0 radical (unpaired) electrons. The van der Waals surface area contributed by atoms with Crippen molar-refractivity contribution in [1.82, 2.24) is 24.1 Å². The number of para-hydroxylation sites is 3. The van der Waals surface area contributed by atoms with Crippen LogP contribution in [0.25, 0.3) is 109 Å². The van der Waals surface area contributed by atoms with Crippen molar-refractivity contribution in [3.05, 3.63) is 188 Å². The summed E-state index contributed by atoms with van der Waals surface area (Å²) in [6.45, 7) is 0. The van der Waals surface area contributed by atoms with E-state index in [1.165, 1.54) is 58.4 Å². The van der Waals surface area contributed by atoms with Gasteiger partial charge in [0.25, 0.3) is 0 Å². The van der Waals surface area contributed by atoms with Crippen LogP contribution in [-0.2, 0) is 0 Å². The Morgan fingerprint density at radius 2 is 0.825 bits per heavy atom. The maximum absolute atomic E-state index is 5.04. The Bertz CT molecular complexity index is 3410. The van der Waals surface area contributed by atoms with E-state index in [0.717, 1.165) is 33.4 Å². The van der Waals surface area contributed by atoms with Crippen molar-refractivity contribution in [3.8, 4) is 45.5 Å². The lowest BCUT2D eigenvalue weighted by molar-refractivity contribution is 1.07. The summed E-state index contributed by atoms with van der Waals surface area (Å²) in [5.41, 5.74) is 9.81. The van der Waals surface area contributed by atoms with E-state index in [1.54, 1.807) is 0 Å². The molecule has 0 bridgehead atoms. The number of aromatic nitrogens is 5. The normalized spacial score (nSPS) is 11.9. The molecule has 4 aromatic heterocycles. The van der Waals surface area contributed by atoms with Gasteiger partial charge in [0, 0.05) is 69.8 Å². The van der Waals surface area contributed by atoms with Crippen molar-refractivity contribution < 1.29 is 0 Å². The third-order valence-corrected chi connectivity index (χ3v) is 12.3. The van der Waals surface area contributed by atoms with Gasteiger partial charge in [-0.15, -0.1) is 11.3 Å². The first-order chi connectivity index (χ1) is 28.3. The zero-order valence-corrected chi connectivity index (χ0v) is 31.4. The predicted molar refractivity (Wildman–Crippen MR) is 238 cm³/mol. The zero-order chi connectivity index (χ0) is 37.5. The highest BCUT2D eigenvalue weighted by atomic mass is 32.1. The standard InChI is InChI=1S/C51H31N5S/c1-3-14-32(15-4-1)49-52-50(33-16-5-2-6-17-33)54-51(53-49)34-18-13-19-35(30-34)56-43-25-12-9-22-39(43)47-44(56)28-29-45-48(47)40-27-26-36(31-46(40)57-45)55-41-23-10-7-20-37(41)38-21-8-11-24-42(38)55/h1-31H. The summed E-state index contributed by atoms with van der Waals surface area (Å²) in [6, 6.07) is 66.6. The summed E-state index contributed by atoms with van der Waals surface area (Å²) in [5, 5.41) is 7.60. The molecule has 12 rings (SSSR count). The summed E-state index contributed by atoms with van der Waals surface area (Å²) in [7, 11) is 0. The zero-order valence-electron chi connectivity index (χ0n) is 30.5. The Hall–Kier alpha value is -7.41. The molecule has 12 aromatic rings. The van der Waals surface area contributed by atoms with Gasteiger partial charge in [-0.2, -0.15) is 0 Å². The lowest BCUT2D eigenvalue weighted by atomic mass is 10.1. The number of hydrogen-bond acceptors (Lipinski definition) is 4. The van der Waals surface area contributed by atoms with Gasteiger partial charge in [-0.3, -0.25) is 0 Å². The molecule has 57 heavy (non-hydrogen) atoms. The Morgan fingerprint density at radius 1 is 0.316 bits per heavy atom. The fourth-order valence-electron chi connectivity index (χ4n) is 8.65. The van der Waals surface area contributed by atoms with Crippen molar-refractivity contribution in [3.63, 3.8) is 0 Å². The number of fused-ring (bicyclic) bond motifs is 10. The molecule has 0 fully saturated rings. The van der Waals surface area contributed by atoms with E-state index >= 15 is 0 Å². The SMILES string of the molecule is c1ccc(-c2nc(-c3ccccc3)nc(-c3cccc(-n4c5ccccc5c5c6c(ccc54)sc4cc(-n5c7ccccc7c7ccccc75)ccc46)c3)n2)cc1. The van der Waals surface area contributed by atoms with Crippen LogP contribution in [0.4, 0.5) is 0 Å². The highest BCUT2D eigenvalue weighted by Gasteiger charge is 2.20. The number of benzene rings is 8. The molecule has 0 N–H and O–H groups in total. The van der Waals surface area contributed by atoms with E-state index < -0.39 is 0 Å². The average Bonchev–Trinajstić information content (AvgIpc) is 3.94. The molecule has 0 saturated heterocycles. The lowest BCUT2D eigenvalue weighted by Crippen LogP contribution is -2.01. The molecule has 8 aromatic carbocycles. The quantitative estimate of drug-likeness (QED) is 0.176.